The number of hydrogen-bond donors (Lipinski definition) is 1. The van der Waals surface area contributed by atoms with E-state index in [9.17, 15) is 4.79 Å². The summed E-state index contributed by atoms with van der Waals surface area (Å²) in [4.78, 5) is 14.0. The van der Waals surface area contributed by atoms with Gasteiger partial charge in [0.2, 0.25) is 5.91 Å². The van der Waals surface area contributed by atoms with Crippen LogP contribution in [0.4, 0.5) is 5.69 Å². The fourth-order valence-electron chi connectivity index (χ4n) is 1.83. The lowest BCUT2D eigenvalue weighted by Gasteiger charge is -2.27. The van der Waals surface area contributed by atoms with Gasteiger partial charge in [-0.3, -0.25) is 4.79 Å². The number of allylic oxidation sites excluding steroid dienone is 1. The number of amides is 1. The predicted octanol–water partition coefficient (Wildman–Crippen LogP) is 2.98. The molecule has 0 saturated heterocycles. The molecule has 0 spiro atoms. The normalized spacial score (nSPS) is 12.9. The Bertz CT molecular complexity index is 426. The Hall–Kier alpha value is -1.77. The number of anilines is 1. The minimum atomic E-state index is 0.0233. The van der Waals surface area contributed by atoms with Gasteiger partial charge in [-0.25, -0.2) is 0 Å². The van der Waals surface area contributed by atoms with Crippen molar-refractivity contribution in [1.29, 1.82) is 0 Å². The molecule has 1 amide bonds. The van der Waals surface area contributed by atoms with Gasteiger partial charge in [0, 0.05) is 30.9 Å². The Morgan fingerprint density at radius 3 is 2.58 bits per heavy atom. The third-order valence-electron chi connectivity index (χ3n) is 3.25. The average Bonchev–Trinajstić information content (AvgIpc) is 2.44. The number of carbonyl (C=O) groups excluding carboxylic acids is 1. The first-order valence-corrected chi connectivity index (χ1v) is 6.79. The number of para-hydroxylation sites is 1. The minimum Gasteiger partial charge on any atom is -0.370 e. The second kappa shape index (κ2) is 7.62. The second-order valence-electron chi connectivity index (χ2n) is 4.80. The SMILES string of the molecule is CC/C=C(\C)C(=O)NCC(C)N(C)c1ccccc1. The molecule has 1 unspecified atom stereocenters. The van der Waals surface area contributed by atoms with E-state index in [2.05, 4.69) is 29.3 Å². The Balaban J connectivity index is 2.50. The smallest absolute Gasteiger partial charge is 0.246 e. The number of likely N-dealkylation sites (N-methyl/N-ethyl adjacent to an activating group) is 1. The molecule has 0 heterocycles. The van der Waals surface area contributed by atoms with Crippen LogP contribution in [0.2, 0.25) is 0 Å². The van der Waals surface area contributed by atoms with Crippen molar-refractivity contribution < 1.29 is 4.79 Å². The molecule has 1 aromatic rings. The third-order valence-corrected chi connectivity index (χ3v) is 3.25. The molecular weight excluding hydrogens is 236 g/mol. The molecule has 1 atom stereocenters. The van der Waals surface area contributed by atoms with Gasteiger partial charge in [-0.15, -0.1) is 0 Å². The number of nitrogens with one attached hydrogen (secondary N) is 1. The standard InChI is InChI=1S/C16H24N2O/c1-5-9-13(2)16(19)17-12-14(3)18(4)15-10-7-6-8-11-15/h6-11,14H,5,12H2,1-4H3,(H,17,19)/b13-9+. The summed E-state index contributed by atoms with van der Waals surface area (Å²) in [5.74, 6) is 0.0233. The summed E-state index contributed by atoms with van der Waals surface area (Å²) in [5, 5.41) is 2.97. The van der Waals surface area contributed by atoms with Gasteiger partial charge in [0.1, 0.15) is 0 Å². The molecule has 104 valence electrons. The van der Waals surface area contributed by atoms with Gasteiger partial charge >= 0.3 is 0 Å². The molecule has 0 bridgehead atoms. The molecule has 3 nitrogen and oxygen atoms in total. The van der Waals surface area contributed by atoms with Crippen molar-refractivity contribution in [3.8, 4) is 0 Å². The fourth-order valence-corrected chi connectivity index (χ4v) is 1.83. The molecule has 0 aliphatic carbocycles. The predicted molar refractivity (Wildman–Crippen MR) is 81.4 cm³/mol. The van der Waals surface area contributed by atoms with Gasteiger partial charge in [-0.05, 0) is 32.4 Å². The molecule has 1 aromatic carbocycles. The van der Waals surface area contributed by atoms with Gasteiger partial charge in [0.15, 0.2) is 0 Å². The van der Waals surface area contributed by atoms with Gasteiger partial charge in [-0.1, -0.05) is 31.2 Å². The van der Waals surface area contributed by atoms with Crippen LogP contribution in [0.1, 0.15) is 27.2 Å². The van der Waals surface area contributed by atoms with E-state index in [1.165, 1.54) is 0 Å². The Morgan fingerprint density at radius 2 is 2.00 bits per heavy atom. The molecule has 0 aromatic heterocycles. The highest BCUT2D eigenvalue weighted by atomic mass is 16.1. The zero-order chi connectivity index (χ0) is 14.3. The first kappa shape index (κ1) is 15.3. The Kier molecular flexibility index (Phi) is 6.13. The summed E-state index contributed by atoms with van der Waals surface area (Å²) in [5.41, 5.74) is 1.95. The molecule has 0 aliphatic heterocycles. The fraction of sp³-hybridized carbons (Fsp3) is 0.438. The van der Waals surface area contributed by atoms with E-state index < -0.39 is 0 Å². The van der Waals surface area contributed by atoms with Gasteiger partial charge in [-0.2, -0.15) is 0 Å². The van der Waals surface area contributed by atoms with E-state index in [1.807, 2.05) is 45.2 Å². The topological polar surface area (TPSA) is 32.3 Å². The molecular formula is C16H24N2O. The summed E-state index contributed by atoms with van der Waals surface area (Å²) in [7, 11) is 2.04. The summed E-state index contributed by atoms with van der Waals surface area (Å²) < 4.78 is 0. The zero-order valence-electron chi connectivity index (χ0n) is 12.3. The largest absolute Gasteiger partial charge is 0.370 e. The molecule has 1 N–H and O–H groups in total. The van der Waals surface area contributed by atoms with Gasteiger partial charge in [0.25, 0.3) is 0 Å². The number of nitrogens with zero attached hydrogens (tertiary/aromatic N) is 1. The maximum atomic E-state index is 11.8. The molecule has 3 heteroatoms. The lowest BCUT2D eigenvalue weighted by molar-refractivity contribution is -0.117. The van der Waals surface area contributed by atoms with Crippen molar-refractivity contribution in [2.75, 3.05) is 18.5 Å². The maximum absolute atomic E-state index is 11.8. The van der Waals surface area contributed by atoms with Gasteiger partial charge in [0.05, 0.1) is 0 Å². The highest BCUT2D eigenvalue weighted by molar-refractivity contribution is 5.92. The molecule has 0 radical (unpaired) electrons. The van der Waals surface area contributed by atoms with Crippen molar-refractivity contribution in [2.45, 2.75) is 33.2 Å². The lowest BCUT2D eigenvalue weighted by atomic mass is 10.2. The van der Waals surface area contributed by atoms with Gasteiger partial charge < -0.3 is 10.2 Å². The van der Waals surface area contributed by atoms with E-state index >= 15 is 0 Å². The van der Waals surface area contributed by atoms with E-state index in [-0.39, 0.29) is 11.9 Å². The molecule has 1 rings (SSSR count). The minimum absolute atomic E-state index is 0.0233. The molecule has 0 aliphatic rings. The van der Waals surface area contributed by atoms with Crippen LogP contribution >= 0.6 is 0 Å². The van der Waals surface area contributed by atoms with E-state index in [4.69, 9.17) is 0 Å². The summed E-state index contributed by atoms with van der Waals surface area (Å²) in [6.45, 7) is 6.62. The molecule has 0 saturated carbocycles. The first-order valence-electron chi connectivity index (χ1n) is 6.79. The zero-order valence-corrected chi connectivity index (χ0v) is 12.3. The van der Waals surface area contributed by atoms with Crippen LogP contribution in [0.25, 0.3) is 0 Å². The van der Waals surface area contributed by atoms with Crippen LogP contribution in [0.15, 0.2) is 42.0 Å². The lowest BCUT2D eigenvalue weighted by Crippen LogP contribution is -2.40. The summed E-state index contributed by atoms with van der Waals surface area (Å²) >= 11 is 0. The summed E-state index contributed by atoms with van der Waals surface area (Å²) in [6, 6.07) is 10.4. The number of rotatable bonds is 6. The van der Waals surface area contributed by atoms with E-state index in [1.54, 1.807) is 0 Å². The maximum Gasteiger partial charge on any atom is 0.246 e. The first-order chi connectivity index (χ1) is 9.06. The van der Waals surface area contributed by atoms with Crippen LogP contribution < -0.4 is 10.2 Å². The van der Waals surface area contributed by atoms with Crippen LogP contribution in [0, 0.1) is 0 Å². The quantitative estimate of drug-likeness (QED) is 0.798. The Labute approximate surface area is 116 Å². The highest BCUT2D eigenvalue weighted by Gasteiger charge is 2.11. The van der Waals surface area contributed by atoms with Crippen molar-refractivity contribution in [3.05, 3.63) is 42.0 Å². The number of hydrogen-bond acceptors (Lipinski definition) is 2. The van der Waals surface area contributed by atoms with E-state index in [0.29, 0.717) is 6.54 Å². The molecule has 0 fully saturated rings. The third kappa shape index (κ3) is 4.78. The van der Waals surface area contributed by atoms with Crippen molar-refractivity contribution in [3.63, 3.8) is 0 Å². The van der Waals surface area contributed by atoms with Crippen molar-refractivity contribution >= 4 is 11.6 Å². The van der Waals surface area contributed by atoms with Crippen LogP contribution in [0.3, 0.4) is 0 Å². The van der Waals surface area contributed by atoms with Crippen LogP contribution in [0.5, 0.6) is 0 Å². The van der Waals surface area contributed by atoms with Crippen molar-refractivity contribution in [1.82, 2.24) is 5.32 Å². The summed E-state index contributed by atoms with van der Waals surface area (Å²) in [6.07, 6.45) is 2.83. The number of carbonyl (C=O) groups is 1. The Morgan fingerprint density at radius 1 is 1.37 bits per heavy atom. The van der Waals surface area contributed by atoms with E-state index in [0.717, 1.165) is 17.7 Å². The van der Waals surface area contributed by atoms with Crippen LogP contribution in [-0.4, -0.2) is 25.5 Å². The molecule has 19 heavy (non-hydrogen) atoms. The van der Waals surface area contributed by atoms with Crippen LogP contribution in [-0.2, 0) is 4.79 Å². The monoisotopic (exact) mass is 260 g/mol. The second-order valence-corrected chi connectivity index (χ2v) is 4.80. The van der Waals surface area contributed by atoms with Crippen molar-refractivity contribution in [2.24, 2.45) is 0 Å². The number of benzene rings is 1. The highest BCUT2D eigenvalue weighted by Crippen LogP contribution is 2.13. The average molecular weight is 260 g/mol.